The molecule has 6 heteroatoms. The molecule has 0 aliphatic carbocycles. The Labute approximate surface area is 159 Å². The first-order chi connectivity index (χ1) is 13.7. The highest BCUT2D eigenvalue weighted by atomic mass is 19.1. The average molecular weight is 369 g/mol. The Hall–Kier alpha value is -3.98. The summed E-state index contributed by atoms with van der Waals surface area (Å²) in [5.74, 6) is -0.412. The van der Waals surface area contributed by atoms with E-state index in [1.54, 1.807) is 54.7 Å². The topological polar surface area (TPSA) is 67.9 Å². The van der Waals surface area contributed by atoms with Crippen molar-refractivity contribution in [3.05, 3.63) is 83.3 Å². The number of rotatable bonds is 3. The van der Waals surface area contributed by atoms with Crippen LogP contribution in [0.5, 0.6) is 5.75 Å². The van der Waals surface area contributed by atoms with Gasteiger partial charge in [-0.05, 0) is 30.3 Å². The van der Waals surface area contributed by atoms with Gasteiger partial charge in [-0.1, -0.05) is 24.3 Å². The van der Waals surface area contributed by atoms with Crippen molar-refractivity contribution in [3.63, 3.8) is 0 Å². The number of nitriles is 1. The van der Waals surface area contributed by atoms with Crippen molar-refractivity contribution in [1.29, 1.82) is 5.26 Å². The minimum absolute atomic E-state index is 0.0693. The third-order valence-electron chi connectivity index (χ3n) is 4.84. The first-order valence-corrected chi connectivity index (χ1v) is 8.64. The SMILES string of the molecule is N#Cc1cccc2nc3c(c(OCc4ccccc4F)c12)C(=O)n1cccc1-3. The Morgan fingerprint density at radius 2 is 1.96 bits per heavy atom. The molecule has 1 aliphatic rings. The van der Waals surface area contributed by atoms with Crippen molar-refractivity contribution >= 4 is 16.8 Å². The predicted octanol–water partition coefficient (Wildman–Crippen LogP) is 4.29. The molecular formula is C22H12FN3O2. The fraction of sp³-hybridized carbons (Fsp3) is 0.0455. The quantitative estimate of drug-likeness (QED) is 0.476. The molecule has 0 radical (unpaired) electrons. The lowest BCUT2D eigenvalue weighted by Crippen LogP contribution is -2.09. The molecule has 0 saturated carbocycles. The van der Waals surface area contributed by atoms with Crippen LogP contribution in [0.2, 0.25) is 0 Å². The molecule has 28 heavy (non-hydrogen) atoms. The number of hydrogen-bond acceptors (Lipinski definition) is 4. The largest absolute Gasteiger partial charge is 0.487 e. The second-order valence-electron chi connectivity index (χ2n) is 6.42. The van der Waals surface area contributed by atoms with Crippen LogP contribution < -0.4 is 4.74 Å². The first kappa shape index (κ1) is 16.2. The van der Waals surface area contributed by atoms with Gasteiger partial charge in [-0.25, -0.2) is 9.37 Å². The van der Waals surface area contributed by atoms with Crippen LogP contribution in [0.15, 0.2) is 60.8 Å². The summed E-state index contributed by atoms with van der Waals surface area (Å²) in [6.45, 7) is -0.0693. The van der Waals surface area contributed by atoms with E-state index in [0.29, 0.717) is 39.0 Å². The molecule has 0 fully saturated rings. The molecule has 134 valence electrons. The zero-order valence-corrected chi connectivity index (χ0v) is 14.5. The fourth-order valence-electron chi connectivity index (χ4n) is 3.54. The van der Waals surface area contributed by atoms with Crippen LogP contribution in [0.4, 0.5) is 4.39 Å². The third kappa shape index (κ3) is 2.23. The molecule has 5 nitrogen and oxygen atoms in total. The first-order valence-electron chi connectivity index (χ1n) is 8.64. The molecule has 0 unspecified atom stereocenters. The zero-order valence-electron chi connectivity index (χ0n) is 14.5. The van der Waals surface area contributed by atoms with Gasteiger partial charge >= 0.3 is 0 Å². The predicted molar refractivity (Wildman–Crippen MR) is 100 cm³/mol. The lowest BCUT2D eigenvalue weighted by molar-refractivity contribution is 0.0965. The van der Waals surface area contributed by atoms with Gasteiger partial charge < -0.3 is 4.74 Å². The number of carbonyl (C=O) groups is 1. The van der Waals surface area contributed by atoms with Crippen molar-refractivity contribution in [2.24, 2.45) is 0 Å². The summed E-state index contributed by atoms with van der Waals surface area (Å²) >= 11 is 0. The molecular weight excluding hydrogens is 357 g/mol. The molecule has 0 spiro atoms. The molecule has 2 aromatic heterocycles. The molecule has 5 rings (SSSR count). The molecule has 2 aromatic carbocycles. The van der Waals surface area contributed by atoms with Crippen molar-refractivity contribution in [3.8, 4) is 23.2 Å². The molecule has 0 atom stereocenters. The summed E-state index contributed by atoms with van der Waals surface area (Å²) in [5.41, 5.74) is 2.72. The van der Waals surface area contributed by atoms with Gasteiger partial charge in [0.05, 0.1) is 28.2 Å². The molecule has 0 saturated heterocycles. The van der Waals surface area contributed by atoms with Gasteiger partial charge in [0.15, 0.2) is 0 Å². The van der Waals surface area contributed by atoms with Crippen molar-refractivity contribution in [2.75, 3.05) is 0 Å². The monoisotopic (exact) mass is 369 g/mol. The standard InChI is InChI=1S/C22H12FN3O2/c23-15-7-2-1-5-14(15)12-28-21-18-13(11-24)6-3-8-16(18)25-20-17-9-4-10-26(17)22(27)19(20)21/h1-10H,12H2. The van der Waals surface area contributed by atoms with Gasteiger partial charge in [-0.3, -0.25) is 9.36 Å². The zero-order chi connectivity index (χ0) is 19.3. The van der Waals surface area contributed by atoms with Crippen LogP contribution in [-0.4, -0.2) is 15.5 Å². The maximum Gasteiger partial charge on any atom is 0.268 e. The number of aromatic nitrogens is 2. The number of ether oxygens (including phenoxy) is 1. The Morgan fingerprint density at radius 1 is 1.11 bits per heavy atom. The smallest absolute Gasteiger partial charge is 0.268 e. The molecule has 0 bridgehead atoms. The fourth-order valence-corrected chi connectivity index (χ4v) is 3.54. The number of benzene rings is 2. The van der Waals surface area contributed by atoms with E-state index >= 15 is 0 Å². The van der Waals surface area contributed by atoms with Gasteiger partial charge in [0.1, 0.15) is 29.4 Å². The lowest BCUT2D eigenvalue weighted by atomic mass is 10.0. The maximum atomic E-state index is 14.1. The average Bonchev–Trinajstić information content (AvgIpc) is 3.29. The van der Waals surface area contributed by atoms with Crippen LogP contribution in [0.1, 0.15) is 21.5 Å². The van der Waals surface area contributed by atoms with Gasteiger partial charge in [0, 0.05) is 11.8 Å². The summed E-state index contributed by atoms with van der Waals surface area (Å²) < 4.78 is 21.5. The summed E-state index contributed by atoms with van der Waals surface area (Å²) in [6.07, 6.45) is 1.66. The summed E-state index contributed by atoms with van der Waals surface area (Å²) in [5, 5.41) is 10.0. The number of fused-ring (bicyclic) bond motifs is 4. The molecule has 0 N–H and O–H groups in total. The van der Waals surface area contributed by atoms with Gasteiger partial charge in [0.2, 0.25) is 0 Å². The Morgan fingerprint density at radius 3 is 2.79 bits per heavy atom. The van der Waals surface area contributed by atoms with E-state index in [0.717, 1.165) is 0 Å². The van der Waals surface area contributed by atoms with E-state index in [2.05, 4.69) is 11.1 Å². The molecule has 3 heterocycles. The number of hydrogen-bond donors (Lipinski definition) is 0. The van der Waals surface area contributed by atoms with E-state index in [4.69, 9.17) is 4.74 Å². The minimum Gasteiger partial charge on any atom is -0.487 e. The van der Waals surface area contributed by atoms with Gasteiger partial charge in [-0.2, -0.15) is 5.26 Å². The molecule has 1 aliphatic heterocycles. The Bertz CT molecular complexity index is 1320. The molecule has 0 amide bonds. The highest BCUT2D eigenvalue weighted by Gasteiger charge is 2.33. The van der Waals surface area contributed by atoms with Crippen LogP contribution in [0.25, 0.3) is 22.3 Å². The summed E-state index contributed by atoms with van der Waals surface area (Å²) in [7, 11) is 0. The van der Waals surface area contributed by atoms with E-state index < -0.39 is 5.82 Å². The van der Waals surface area contributed by atoms with E-state index in [-0.39, 0.29) is 18.3 Å². The normalized spacial score (nSPS) is 11.9. The highest BCUT2D eigenvalue weighted by Crippen LogP contribution is 2.42. The van der Waals surface area contributed by atoms with Crippen molar-refractivity contribution in [1.82, 2.24) is 9.55 Å². The van der Waals surface area contributed by atoms with Crippen molar-refractivity contribution < 1.29 is 13.9 Å². The summed E-state index contributed by atoms with van der Waals surface area (Å²) in [4.78, 5) is 17.6. The minimum atomic E-state index is -0.393. The third-order valence-corrected chi connectivity index (χ3v) is 4.84. The second kappa shape index (κ2) is 6.03. The van der Waals surface area contributed by atoms with E-state index in [1.165, 1.54) is 10.6 Å². The highest BCUT2D eigenvalue weighted by molar-refractivity contribution is 6.14. The van der Waals surface area contributed by atoms with Gasteiger partial charge in [0.25, 0.3) is 5.91 Å². The van der Waals surface area contributed by atoms with E-state index in [1.807, 2.05) is 0 Å². The van der Waals surface area contributed by atoms with Crippen molar-refractivity contribution in [2.45, 2.75) is 6.61 Å². The summed E-state index contributed by atoms with van der Waals surface area (Å²) in [6, 6.07) is 17.1. The van der Waals surface area contributed by atoms with Crippen LogP contribution in [0, 0.1) is 17.1 Å². The lowest BCUT2D eigenvalue weighted by Gasteiger charge is -2.14. The Kier molecular flexibility index (Phi) is 3.49. The van der Waals surface area contributed by atoms with E-state index in [9.17, 15) is 14.4 Å². The van der Waals surface area contributed by atoms with Crippen LogP contribution in [0.3, 0.4) is 0 Å². The number of pyridine rings is 1. The number of nitrogens with zero attached hydrogens (tertiary/aromatic N) is 3. The van der Waals surface area contributed by atoms with Crippen LogP contribution >= 0.6 is 0 Å². The molecule has 4 aromatic rings. The Balaban J connectivity index is 1.75. The maximum absolute atomic E-state index is 14.1. The van der Waals surface area contributed by atoms with Gasteiger partial charge in [-0.15, -0.1) is 0 Å². The second-order valence-corrected chi connectivity index (χ2v) is 6.42. The number of halogens is 1. The number of carbonyl (C=O) groups excluding carboxylic acids is 1. The van der Waals surface area contributed by atoms with Crippen LogP contribution in [-0.2, 0) is 6.61 Å².